The Hall–Kier alpha value is -0.673. The number of ketones is 1. The second kappa shape index (κ2) is 4.54. The third-order valence-electron chi connectivity index (χ3n) is 3.93. The van der Waals surface area contributed by atoms with E-state index >= 15 is 0 Å². The highest BCUT2D eigenvalue weighted by Gasteiger charge is 2.37. The van der Waals surface area contributed by atoms with Crippen molar-refractivity contribution in [2.24, 2.45) is 11.8 Å². The third-order valence-corrected chi connectivity index (χ3v) is 6.03. The van der Waals surface area contributed by atoms with Crippen LogP contribution < -0.4 is 5.11 Å². The van der Waals surface area contributed by atoms with E-state index in [1.807, 2.05) is 0 Å². The van der Waals surface area contributed by atoms with Crippen LogP contribution in [0.15, 0.2) is 22.9 Å². The Labute approximate surface area is 104 Å². The number of carbonyl (C=O) groups is 1. The molecule has 0 aliphatic heterocycles. The molecule has 0 aromatic rings. The molecule has 2 aliphatic carbocycles. The van der Waals surface area contributed by atoms with Gasteiger partial charge >= 0.3 is 0 Å². The Kier molecular flexibility index (Phi) is 3.41. The van der Waals surface area contributed by atoms with Gasteiger partial charge in [0.05, 0.1) is 8.07 Å². The predicted octanol–water partition coefficient (Wildman–Crippen LogP) is 2.08. The van der Waals surface area contributed by atoms with Crippen LogP contribution in [0.2, 0.25) is 19.6 Å². The van der Waals surface area contributed by atoms with Crippen molar-refractivity contribution in [3.63, 3.8) is 0 Å². The van der Waals surface area contributed by atoms with E-state index in [0.717, 1.165) is 18.4 Å². The van der Waals surface area contributed by atoms with Crippen molar-refractivity contribution < 1.29 is 9.90 Å². The lowest BCUT2D eigenvalue weighted by molar-refractivity contribution is -0.357. The molecule has 2 atom stereocenters. The van der Waals surface area contributed by atoms with Gasteiger partial charge in [-0.15, -0.1) is 6.61 Å². The summed E-state index contributed by atoms with van der Waals surface area (Å²) < 4.78 is 0. The van der Waals surface area contributed by atoms with Gasteiger partial charge in [0.1, 0.15) is 5.78 Å². The molecule has 2 rings (SSSR count). The Morgan fingerprint density at radius 3 is 2.71 bits per heavy atom. The summed E-state index contributed by atoms with van der Waals surface area (Å²) in [5, 5.41) is 12.7. The first kappa shape index (κ1) is 12.8. The van der Waals surface area contributed by atoms with Gasteiger partial charge in [0.15, 0.2) is 0 Å². The number of carbonyl (C=O) groups excluding carboxylic acids is 1. The number of allylic oxidation sites excluding steroid dienone is 3. The lowest BCUT2D eigenvalue weighted by atomic mass is 9.72. The molecule has 2 aliphatic rings. The summed E-state index contributed by atoms with van der Waals surface area (Å²) in [5.41, 5.74) is 0.918. The minimum absolute atomic E-state index is 0.0759. The molecule has 1 saturated carbocycles. The van der Waals surface area contributed by atoms with Crippen molar-refractivity contribution in [1.29, 1.82) is 0 Å². The number of fused-ring (bicyclic) bond motifs is 1. The third kappa shape index (κ3) is 2.31. The molecule has 17 heavy (non-hydrogen) atoms. The zero-order chi connectivity index (χ0) is 12.6. The topological polar surface area (TPSA) is 40.1 Å². The molecule has 0 amide bonds. The molecule has 0 N–H and O–H groups in total. The van der Waals surface area contributed by atoms with Crippen LogP contribution >= 0.6 is 0 Å². The summed E-state index contributed by atoms with van der Waals surface area (Å²) in [6.45, 7) is 6.54. The maximum atomic E-state index is 12.1. The van der Waals surface area contributed by atoms with Crippen LogP contribution in [0, 0.1) is 11.8 Å². The fourth-order valence-electron chi connectivity index (χ4n) is 3.13. The van der Waals surface area contributed by atoms with E-state index in [2.05, 4.69) is 31.8 Å². The van der Waals surface area contributed by atoms with E-state index in [9.17, 15) is 9.90 Å². The molecule has 3 heteroatoms. The zero-order valence-electron chi connectivity index (χ0n) is 11.0. The summed E-state index contributed by atoms with van der Waals surface area (Å²) >= 11 is 0. The van der Waals surface area contributed by atoms with Gasteiger partial charge < -0.3 is 5.11 Å². The van der Waals surface area contributed by atoms with Gasteiger partial charge in [0.25, 0.3) is 0 Å². The highest BCUT2D eigenvalue weighted by Crippen LogP contribution is 2.40. The van der Waals surface area contributed by atoms with Crippen molar-refractivity contribution in [1.82, 2.24) is 0 Å². The highest BCUT2D eigenvalue weighted by atomic mass is 28.3. The van der Waals surface area contributed by atoms with Crippen molar-refractivity contribution in [2.75, 3.05) is 6.61 Å². The summed E-state index contributed by atoms with van der Waals surface area (Å²) in [4.78, 5) is 12.1. The van der Waals surface area contributed by atoms with Crippen molar-refractivity contribution in [3.05, 3.63) is 22.9 Å². The van der Waals surface area contributed by atoms with Crippen LogP contribution in [-0.4, -0.2) is 20.5 Å². The Morgan fingerprint density at radius 2 is 2.12 bits per heavy atom. The lowest BCUT2D eigenvalue weighted by Crippen LogP contribution is -2.39. The van der Waals surface area contributed by atoms with Gasteiger partial charge in [-0.05, 0) is 18.8 Å². The first-order chi connectivity index (χ1) is 7.95. The smallest absolute Gasteiger partial charge is 0.140 e. The molecule has 0 bridgehead atoms. The maximum Gasteiger partial charge on any atom is 0.140 e. The molecule has 0 spiro atoms. The normalized spacial score (nSPS) is 29.5. The lowest BCUT2D eigenvalue weighted by Gasteiger charge is -2.38. The quantitative estimate of drug-likeness (QED) is 0.703. The monoisotopic (exact) mass is 249 g/mol. The average molecular weight is 249 g/mol. The van der Waals surface area contributed by atoms with E-state index in [1.165, 1.54) is 5.20 Å². The summed E-state index contributed by atoms with van der Waals surface area (Å²) in [6.07, 6.45) is 7.05. The number of hydrogen-bond donors (Lipinski definition) is 0. The van der Waals surface area contributed by atoms with Crippen LogP contribution in [0.4, 0.5) is 0 Å². The van der Waals surface area contributed by atoms with E-state index in [-0.39, 0.29) is 12.5 Å². The van der Waals surface area contributed by atoms with Crippen LogP contribution in [0.5, 0.6) is 0 Å². The molecule has 0 aromatic heterocycles. The number of Topliss-reactive ketones (excluding diaryl/α,β-unsaturated/α-hetero) is 1. The summed E-state index contributed by atoms with van der Waals surface area (Å²) in [5.74, 6) is 0.528. The standard InChI is InChI=1S/C14H21O2Si/c1-17(2,3)13-8-7-10-5-4-6-12(16)14(10)11(13)9-15/h7-8,10,14H,4-6,9H2,1-3H3/q-1/t10-,14-/m0/s1. The molecule has 0 heterocycles. The molecule has 2 nitrogen and oxygen atoms in total. The van der Waals surface area contributed by atoms with Crippen molar-refractivity contribution in [2.45, 2.75) is 38.9 Å². The minimum Gasteiger partial charge on any atom is -0.851 e. The molecular weight excluding hydrogens is 228 g/mol. The second-order valence-corrected chi connectivity index (χ2v) is 11.2. The molecule has 0 unspecified atom stereocenters. The van der Waals surface area contributed by atoms with E-state index in [0.29, 0.717) is 18.1 Å². The Balaban J connectivity index is 2.44. The van der Waals surface area contributed by atoms with Gasteiger partial charge in [-0.2, -0.15) is 0 Å². The van der Waals surface area contributed by atoms with Gasteiger partial charge in [-0.1, -0.05) is 42.6 Å². The van der Waals surface area contributed by atoms with E-state index in [4.69, 9.17) is 0 Å². The van der Waals surface area contributed by atoms with E-state index in [1.54, 1.807) is 0 Å². The second-order valence-electron chi connectivity index (χ2n) is 6.19. The molecule has 0 radical (unpaired) electrons. The van der Waals surface area contributed by atoms with Crippen LogP contribution in [0.3, 0.4) is 0 Å². The SMILES string of the molecule is C[Si](C)(C)C1=C(C[O-])[C@H]2C(=O)CCC[C@H]2C=C1. The molecule has 0 saturated heterocycles. The Morgan fingerprint density at radius 1 is 1.41 bits per heavy atom. The number of rotatable bonds is 2. The first-order valence-corrected chi connectivity index (χ1v) is 9.97. The maximum absolute atomic E-state index is 12.1. The fourth-order valence-corrected chi connectivity index (χ4v) is 4.91. The number of hydrogen-bond acceptors (Lipinski definition) is 2. The molecular formula is C14H21O2Si-. The van der Waals surface area contributed by atoms with Crippen LogP contribution in [0.1, 0.15) is 19.3 Å². The van der Waals surface area contributed by atoms with Crippen LogP contribution in [-0.2, 0) is 4.79 Å². The van der Waals surface area contributed by atoms with Crippen molar-refractivity contribution >= 4 is 13.9 Å². The zero-order valence-corrected chi connectivity index (χ0v) is 12.0. The minimum atomic E-state index is -1.51. The summed E-state index contributed by atoms with van der Waals surface area (Å²) in [7, 11) is -1.51. The first-order valence-electron chi connectivity index (χ1n) is 6.47. The Bertz CT molecular complexity index is 388. The fraction of sp³-hybridized carbons (Fsp3) is 0.643. The largest absolute Gasteiger partial charge is 0.851 e. The predicted molar refractivity (Wildman–Crippen MR) is 70.2 cm³/mol. The molecule has 94 valence electrons. The van der Waals surface area contributed by atoms with Crippen LogP contribution in [0.25, 0.3) is 0 Å². The van der Waals surface area contributed by atoms with Gasteiger partial charge in [-0.25, -0.2) is 0 Å². The van der Waals surface area contributed by atoms with Crippen molar-refractivity contribution in [3.8, 4) is 0 Å². The highest BCUT2D eigenvalue weighted by molar-refractivity contribution is 6.83. The average Bonchev–Trinajstić information content (AvgIpc) is 2.26. The van der Waals surface area contributed by atoms with Gasteiger partial charge in [-0.3, -0.25) is 4.79 Å². The molecule has 0 aromatic carbocycles. The summed E-state index contributed by atoms with van der Waals surface area (Å²) in [6, 6.07) is 0. The molecule has 1 fully saturated rings. The van der Waals surface area contributed by atoms with Gasteiger partial charge in [0, 0.05) is 12.3 Å². The van der Waals surface area contributed by atoms with Gasteiger partial charge in [0.2, 0.25) is 0 Å². The van der Waals surface area contributed by atoms with E-state index < -0.39 is 8.07 Å².